The van der Waals surface area contributed by atoms with Crippen molar-refractivity contribution in [3.8, 4) is 0 Å². The molecule has 0 N–H and O–H groups in total. The quantitative estimate of drug-likeness (QED) is 0.784. The van der Waals surface area contributed by atoms with Crippen LogP contribution < -0.4 is 4.90 Å². The summed E-state index contributed by atoms with van der Waals surface area (Å²) >= 11 is 3.52. The van der Waals surface area contributed by atoms with Crippen molar-refractivity contribution in [1.82, 2.24) is 14.9 Å². The van der Waals surface area contributed by atoms with Gasteiger partial charge >= 0.3 is 0 Å². The summed E-state index contributed by atoms with van der Waals surface area (Å²) in [5, 5.41) is 0. The summed E-state index contributed by atoms with van der Waals surface area (Å²) in [6.07, 6.45) is 3.70. The van der Waals surface area contributed by atoms with Gasteiger partial charge in [0.05, 0.1) is 0 Å². The van der Waals surface area contributed by atoms with E-state index in [4.69, 9.17) is 4.98 Å². The standard InChI is InChI=1S/C13H19BrN4/c1-17-5-2-6-18(8-7-17)12-9-11(14)15-13(16-12)10-3-4-10/h9-10H,2-8H2,1H3. The Balaban J connectivity index is 1.81. The molecule has 1 saturated heterocycles. The molecule has 0 unspecified atom stereocenters. The van der Waals surface area contributed by atoms with Crippen LogP contribution in [0, 0.1) is 0 Å². The van der Waals surface area contributed by atoms with Gasteiger partial charge in [-0.3, -0.25) is 0 Å². The van der Waals surface area contributed by atoms with Gasteiger partial charge in [0.25, 0.3) is 0 Å². The van der Waals surface area contributed by atoms with E-state index < -0.39 is 0 Å². The van der Waals surface area contributed by atoms with E-state index in [2.05, 4.69) is 43.8 Å². The monoisotopic (exact) mass is 310 g/mol. The van der Waals surface area contributed by atoms with Gasteiger partial charge in [0, 0.05) is 31.6 Å². The average Bonchev–Trinajstić information content (AvgIpc) is 3.15. The summed E-state index contributed by atoms with van der Waals surface area (Å²) in [4.78, 5) is 14.0. The fraction of sp³-hybridized carbons (Fsp3) is 0.692. The van der Waals surface area contributed by atoms with Crippen molar-refractivity contribution >= 4 is 21.7 Å². The van der Waals surface area contributed by atoms with Crippen LogP contribution >= 0.6 is 15.9 Å². The fourth-order valence-electron chi connectivity index (χ4n) is 2.38. The largest absolute Gasteiger partial charge is 0.355 e. The van der Waals surface area contributed by atoms with Crippen LogP contribution in [0.3, 0.4) is 0 Å². The van der Waals surface area contributed by atoms with Gasteiger partial charge in [-0.05, 0) is 48.8 Å². The van der Waals surface area contributed by atoms with Crippen LogP contribution in [0.15, 0.2) is 10.7 Å². The second kappa shape index (κ2) is 5.13. The smallest absolute Gasteiger partial charge is 0.135 e. The first-order chi connectivity index (χ1) is 8.72. The van der Waals surface area contributed by atoms with Crippen LogP contribution in [0.2, 0.25) is 0 Å². The van der Waals surface area contributed by atoms with Crippen molar-refractivity contribution in [3.05, 3.63) is 16.5 Å². The highest BCUT2D eigenvalue weighted by molar-refractivity contribution is 9.10. The van der Waals surface area contributed by atoms with Gasteiger partial charge in [-0.1, -0.05) is 0 Å². The number of aromatic nitrogens is 2. The number of likely N-dealkylation sites (N-methyl/N-ethyl adjacent to an activating group) is 1. The third kappa shape index (κ3) is 2.83. The van der Waals surface area contributed by atoms with Crippen LogP contribution in [-0.4, -0.2) is 48.1 Å². The molecule has 1 aliphatic carbocycles. The second-order valence-electron chi connectivity index (χ2n) is 5.33. The number of rotatable bonds is 2. The van der Waals surface area contributed by atoms with Crippen LogP contribution in [0.25, 0.3) is 0 Å². The zero-order valence-corrected chi connectivity index (χ0v) is 12.4. The molecule has 3 rings (SSSR count). The molecule has 2 aliphatic rings. The molecule has 0 atom stereocenters. The van der Waals surface area contributed by atoms with E-state index in [1.165, 1.54) is 25.8 Å². The molecule has 5 heteroatoms. The lowest BCUT2D eigenvalue weighted by atomic mass is 10.3. The normalized spacial score (nSPS) is 22.0. The van der Waals surface area contributed by atoms with Crippen molar-refractivity contribution < 1.29 is 0 Å². The van der Waals surface area contributed by atoms with Gasteiger partial charge in [-0.15, -0.1) is 0 Å². The van der Waals surface area contributed by atoms with Crippen molar-refractivity contribution in [2.45, 2.75) is 25.2 Å². The first-order valence-corrected chi connectivity index (χ1v) is 7.49. The Kier molecular flexibility index (Phi) is 3.52. The number of hydrogen-bond acceptors (Lipinski definition) is 4. The predicted octanol–water partition coefficient (Wildman–Crippen LogP) is 2.26. The number of hydrogen-bond donors (Lipinski definition) is 0. The minimum Gasteiger partial charge on any atom is -0.355 e. The molecule has 0 aromatic carbocycles. The summed E-state index contributed by atoms with van der Waals surface area (Å²) in [5.41, 5.74) is 0. The van der Waals surface area contributed by atoms with E-state index in [1.54, 1.807) is 0 Å². The molecule has 1 aromatic rings. The Bertz CT molecular complexity index is 433. The van der Waals surface area contributed by atoms with Crippen molar-refractivity contribution in [2.75, 3.05) is 38.1 Å². The summed E-state index contributed by atoms with van der Waals surface area (Å²) in [5.74, 6) is 2.72. The molecule has 0 bridgehead atoms. The Morgan fingerprint density at radius 1 is 1.17 bits per heavy atom. The molecule has 0 amide bonds. The van der Waals surface area contributed by atoms with Gasteiger partial charge in [0.1, 0.15) is 16.2 Å². The van der Waals surface area contributed by atoms with Crippen LogP contribution in [0.5, 0.6) is 0 Å². The van der Waals surface area contributed by atoms with Crippen molar-refractivity contribution in [1.29, 1.82) is 0 Å². The lowest BCUT2D eigenvalue weighted by molar-refractivity contribution is 0.360. The highest BCUT2D eigenvalue weighted by atomic mass is 79.9. The van der Waals surface area contributed by atoms with Gasteiger partial charge in [0.2, 0.25) is 0 Å². The molecule has 0 radical (unpaired) electrons. The number of halogens is 1. The fourth-order valence-corrected chi connectivity index (χ4v) is 2.77. The van der Waals surface area contributed by atoms with Crippen molar-refractivity contribution in [2.24, 2.45) is 0 Å². The van der Waals surface area contributed by atoms with Gasteiger partial charge in [-0.2, -0.15) is 0 Å². The van der Waals surface area contributed by atoms with E-state index in [1.807, 2.05) is 0 Å². The zero-order chi connectivity index (χ0) is 12.5. The second-order valence-corrected chi connectivity index (χ2v) is 6.14. The Morgan fingerprint density at radius 2 is 2.00 bits per heavy atom. The SMILES string of the molecule is CN1CCCN(c2cc(Br)nc(C3CC3)n2)CC1. The zero-order valence-electron chi connectivity index (χ0n) is 10.8. The highest BCUT2D eigenvalue weighted by Crippen LogP contribution is 2.39. The number of anilines is 1. The molecule has 1 saturated carbocycles. The summed E-state index contributed by atoms with van der Waals surface area (Å²) in [6, 6.07) is 2.05. The van der Waals surface area contributed by atoms with Gasteiger partial charge in [0.15, 0.2) is 0 Å². The Labute approximate surface area is 117 Å². The molecular formula is C13H19BrN4. The summed E-state index contributed by atoms with van der Waals surface area (Å²) in [6.45, 7) is 4.45. The lowest BCUT2D eigenvalue weighted by Gasteiger charge is -2.22. The van der Waals surface area contributed by atoms with Crippen LogP contribution in [0.1, 0.15) is 31.0 Å². The van der Waals surface area contributed by atoms with Crippen LogP contribution in [-0.2, 0) is 0 Å². The Morgan fingerprint density at radius 3 is 2.78 bits per heavy atom. The van der Waals surface area contributed by atoms with Crippen LogP contribution in [0.4, 0.5) is 5.82 Å². The topological polar surface area (TPSA) is 32.3 Å². The average molecular weight is 311 g/mol. The molecule has 2 fully saturated rings. The first-order valence-electron chi connectivity index (χ1n) is 6.70. The van der Waals surface area contributed by atoms with E-state index >= 15 is 0 Å². The van der Waals surface area contributed by atoms with E-state index in [0.717, 1.165) is 35.9 Å². The maximum atomic E-state index is 4.75. The summed E-state index contributed by atoms with van der Waals surface area (Å²) < 4.78 is 0.923. The molecule has 0 spiro atoms. The molecule has 1 aliphatic heterocycles. The van der Waals surface area contributed by atoms with Gasteiger partial charge < -0.3 is 9.80 Å². The molecule has 1 aromatic heterocycles. The molecule has 98 valence electrons. The minimum atomic E-state index is 0.607. The first kappa shape index (κ1) is 12.4. The third-order valence-corrected chi connectivity index (χ3v) is 4.09. The summed E-state index contributed by atoms with van der Waals surface area (Å²) in [7, 11) is 2.19. The maximum absolute atomic E-state index is 4.75. The highest BCUT2D eigenvalue weighted by Gasteiger charge is 2.28. The van der Waals surface area contributed by atoms with E-state index in [9.17, 15) is 0 Å². The molecule has 4 nitrogen and oxygen atoms in total. The lowest BCUT2D eigenvalue weighted by Crippen LogP contribution is -2.29. The predicted molar refractivity (Wildman–Crippen MR) is 76.0 cm³/mol. The van der Waals surface area contributed by atoms with Crippen molar-refractivity contribution in [3.63, 3.8) is 0 Å². The van der Waals surface area contributed by atoms with Gasteiger partial charge in [-0.25, -0.2) is 9.97 Å². The Hall–Kier alpha value is -0.680. The maximum Gasteiger partial charge on any atom is 0.135 e. The van der Waals surface area contributed by atoms with E-state index in [0.29, 0.717) is 5.92 Å². The molecule has 18 heavy (non-hydrogen) atoms. The minimum absolute atomic E-state index is 0.607. The molecular weight excluding hydrogens is 292 g/mol. The third-order valence-electron chi connectivity index (χ3n) is 3.68. The number of nitrogens with zero attached hydrogens (tertiary/aromatic N) is 4. The molecule has 2 heterocycles. The van der Waals surface area contributed by atoms with E-state index in [-0.39, 0.29) is 0 Å².